The zero-order valence-corrected chi connectivity index (χ0v) is 15.1. The third-order valence-electron chi connectivity index (χ3n) is 4.68. The third kappa shape index (κ3) is 4.91. The molecule has 2 aliphatic heterocycles. The van der Waals surface area contributed by atoms with Gasteiger partial charge in [0.1, 0.15) is 24.4 Å². The van der Waals surface area contributed by atoms with Crippen LogP contribution in [0.5, 0.6) is 0 Å². The minimum atomic E-state index is -2.88. The molecule has 2 heterocycles. The lowest BCUT2D eigenvalue weighted by molar-refractivity contribution is -0.315. The van der Waals surface area contributed by atoms with Gasteiger partial charge in [-0.3, -0.25) is 0 Å². The highest BCUT2D eigenvalue weighted by atomic mass is 16.7. The number of carboxylic acid groups (broad SMARTS) is 2. The summed E-state index contributed by atoms with van der Waals surface area (Å²) in [6.45, 7) is -1.59. The summed E-state index contributed by atoms with van der Waals surface area (Å²) in [4.78, 5) is 22.8. The number of aliphatic hydroxyl groups is 6. The van der Waals surface area contributed by atoms with E-state index in [0.717, 1.165) is 6.08 Å². The van der Waals surface area contributed by atoms with Crippen LogP contribution in [-0.2, 0) is 23.8 Å². The zero-order chi connectivity index (χ0) is 22.0. The number of rotatable bonds is 8. The summed E-state index contributed by atoms with van der Waals surface area (Å²) in [5.41, 5.74) is 0. The summed E-state index contributed by atoms with van der Waals surface area (Å²) >= 11 is 0. The van der Waals surface area contributed by atoms with Crippen LogP contribution in [0.1, 0.15) is 12.8 Å². The highest BCUT2D eigenvalue weighted by Crippen LogP contribution is 2.31. The fourth-order valence-electron chi connectivity index (χ4n) is 3.00. The maximum Gasteiger partial charge on any atom is 0.368 e. The van der Waals surface area contributed by atoms with Gasteiger partial charge in [-0.25, -0.2) is 9.59 Å². The molecule has 8 N–H and O–H groups in total. The van der Waals surface area contributed by atoms with Crippen molar-refractivity contribution in [3.05, 3.63) is 12.2 Å². The molecule has 0 saturated carbocycles. The molecule has 1 saturated heterocycles. The molecule has 13 nitrogen and oxygen atoms in total. The Morgan fingerprint density at radius 1 is 1.14 bits per heavy atom. The van der Waals surface area contributed by atoms with Crippen molar-refractivity contribution in [3.8, 4) is 0 Å². The van der Waals surface area contributed by atoms with Crippen molar-refractivity contribution < 1.29 is 64.7 Å². The molecule has 0 unspecified atom stereocenters. The first kappa shape index (κ1) is 23.6. The number of hydrogen-bond donors (Lipinski definition) is 8. The maximum atomic E-state index is 11.7. The summed E-state index contributed by atoms with van der Waals surface area (Å²) < 4.78 is 15.2. The highest BCUT2D eigenvalue weighted by Gasteiger charge is 2.53. The first-order valence-corrected chi connectivity index (χ1v) is 8.65. The monoisotopic (exact) mass is 424 g/mol. The Kier molecular flexibility index (Phi) is 7.32. The van der Waals surface area contributed by atoms with E-state index >= 15 is 0 Å². The molecular formula is C16H24O13. The fourth-order valence-corrected chi connectivity index (χ4v) is 3.00. The Labute approximate surface area is 164 Å². The third-order valence-corrected chi connectivity index (χ3v) is 4.68. The quantitative estimate of drug-likeness (QED) is 0.175. The van der Waals surface area contributed by atoms with Gasteiger partial charge in [-0.2, -0.15) is 0 Å². The van der Waals surface area contributed by atoms with Gasteiger partial charge in [-0.05, 0) is 12.5 Å². The molecule has 13 heteroatoms. The Bertz CT molecular complexity index is 638. The first-order chi connectivity index (χ1) is 13.5. The van der Waals surface area contributed by atoms with Gasteiger partial charge in [0.05, 0.1) is 25.4 Å². The standard InChI is InChI=1S/C16H24O13/c17-5-8(19)10-2-1-3-16(28-10,14(24)25)27-6-9(20)12-11(21)7(18)4-15(26,29-12)13(22)23/h1,3,7-12,17-21,26H,2,4-6H2,(H,22,23)(H,24,25)/t7-,8-,9-,10+,11-,12-,15-,16-/m1/s1. The molecule has 166 valence electrons. The van der Waals surface area contributed by atoms with Crippen LogP contribution in [0.4, 0.5) is 0 Å². The van der Waals surface area contributed by atoms with E-state index in [1.165, 1.54) is 6.08 Å². The van der Waals surface area contributed by atoms with Crippen molar-refractivity contribution in [2.45, 2.75) is 61.0 Å². The van der Waals surface area contributed by atoms with Gasteiger partial charge in [0.25, 0.3) is 11.6 Å². The molecule has 0 amide bonds. The van der Waals surface area contributed by atoms with Gasteiger partial charge in [0, 0.05) is 6.42 Å². The highest BCUT2D eigenvalue weighted by molar-refractivity contribution is 5.78. The number of carboxylic acids is 2. The van der Waals surface area contributed by atoms with Crippen LogP contribution in [0.3, 0.4) is 0 Å². The molecule has 8 atom stereocenters. The molecule has 2 aliphatic rings. The van der Waals surface area contributed by atoms with Crippen LogP contribution < -0.4 is 0 Å². The van der Waals surface area contributed by atoms with Crippen molar-refractivity contribution in [2.24, 2.45) is 0 Å². The van der Waals surface area contributed by atoms with Crippen molar-refractivity contribution in [1.82, 2.24) is 0 Å². The first-order valence-electron chi connectivity index (χ1n) is 8.65. The van der Waals surface area contributed by atoms with E-state index in [0.29, 0.717) is 0 Å². The van der Waals surface area contributed by atoms with E-state index in [9.17, 15) is 40.2 Å². The predicted octanol–water partition coefficient (Wildman–Crippen LogP) is -3.87. The molecule has 0 aromatic heterocycles. The average molecular weight is 424 g/mol. The number of hydrogen-bond acceptors (Lipinski definition) is 11. The summed E-state index contributed by atoms with van der Waals surface area (Å²) in [6, 6.07) is 0. The van der Waals surface area contributed by atoms with Crippen LogP contribution in [0, 0.1) is 0 Å². The van der Waals surface area contributed by atoms with Gasteiger partial charge < -0.3 is 55.1 Å². The Balaban J connectivity index is 2.13. The Morgan fingerprint density at radius 2 is 1.79 bits per heavy atom. The van der Waals surface area contributed by atoms with Crippen LogP contribution in [-0.4, -0.2) is 114 Å². The van der Waals surface area contributed by atoms with Crippen molar-refractivity contribution >= 4 is 11.9 Å². The lowest BCUT2D eigenvalue weighted by Gasteiger charge is -2.42. The SMILES string of the molecule is O=C(O)[C@@]1(OC[C@@H](O)[C@H]2O[C@@](O)(C(=O)O)C[C@@H](O)[C@H]2O)C=CC[C@@H]([C@H](O)CO)O1. The molecule has 29 heavy (non-hydrogen) atoms. The lowest BCUT2D eigenvalue weighted by Crippen LogP contribution is -2.62. The molecule has 0 spiro atoms. The second-order valence-corrected chi connectivity index (χ2v) is 6.83. The molecular weight excluding hydrogens is 400 g/mol. The number of ether oxygens (including phenoxy) is 3. The van der Waals surface area contributed by atoms with E-state index in [1.807, 2.05) is 0 Å². The normalized spacial score (nSPS) is 39.7. The van der Waals surface area contributed by atoms with E-state index in [4.69, 9.17) is 24.4 Å². The number of aliphatic hydroxyl groups excluding tert-OH is 5. The molecule has 0 radical (unpaired) electrons. The van der Waals surface area contributed by atoms with Gasteiger partial charge >= 0.3 is 11.9 Å². The zero-order valence-electron chi connectivity index (χ0n) is 15.1. The number of aliphatic carboxylic acids is 2. The minimum Gasteiger partial charge on any atom is -0.477 e. The lowest BCUT2D eigenvalue weighted by atomic mass is 9.93. The fraction of sp³-hybridized carbons (Fsp3) is 0.750. The van der Waals surface area contributed by atoms with Crippen molar-refractivity contribution in [1.29, 1.82) is 0 Å². The van der Waals surface area contributed by atoms with Crippen LogP contribution in [0.2, 0.25) is 0 Å². The average Bonchev–Trinajstić information content (AvgIpc) is 2.68. The molecule has 0 aliphatic carbocycles. The van der Waals surface area contributed by atoms with E-state index in [1.54, 1.807) is 0 Å². The van der Waals surface area contributed by atoms with Crippen molar-refractivity contribution in [3.63, 3.8) is 0 Å². The molecule has 0 bridgehead atoms. The van der Waals surface area contributed by atoms with E-state index < -0.39 is 79.8 Å². The molecule has 1 fully saturated rings. The van der Waals surface area contributed by atoms with Gasteiger partial charge in [-0.1, -0.05) is 6.08 Å². The second-order valence-electron chi connectivity index (χ2n) is 6.83. The van der Waals surface area contributed by atoms with Crippen LogP contribution in [0.25, 0.3) is 0 Å². The predicted molar refractivity (Wildman–Crippen MR) is 88.1 cm³/mol. The maximum absolute atomic E-state index is 11.7. The summed E-state index contributed by atoms with van der Waals surface area (Å²) in [7, 11) is 0. The smallest absolute Gasteiger partial charge is 0.368 e. The van der Waals surface area contributed by atoms with Gasteiger partial charge in [0.15, 0.2) is 0 Å². The van der Waals surface area contributed by atoms with Crippen LogP contribution in [0.15, 0.2) is 12.2 Å². The Hall–Kier alpha value is -1.68. The summed E-state index contributed by atoms with van der Waals surface area (Å²) in [5, 5.41) is 77.1. The van der Waals surface area contributed by atoms with E-state index in [2.05, 4.69) is 0 Å². The molecule has 0 aromatic carbocycles. The molecule has 2 rings (SSSR count). The summed E-state index contributed by atoms with van der Waals surface area (Å²) in [6.07, 6.45) is -8.28. The van der Waals surface area contributed by atoms with Gasteiger partial charge in [0.2, 0.25) is 0 Å². The van der Waals surface area contributed by atoms with Gasteiger partial charge in [-0.15, -0.1) is 0 Å². The summed E-state index contributed by atoms with van der Waals surface area (Å²) in [5.74, 6) is -8.85. The van der Waals surface area contributed by atoms with Crippen LogP contribution >= 0.6 is 0 Å². The topological polar surface area (TPSA) is 224 Å². The van der Waals surface area contributed by atoms with E-state index in [-0.39, 0.29) is 6.42 Å². The largest absolute Gasteiger partial charge is 0.477 e. The minimum absolute atomic E-state index is 0.0744. The number of carbonyl (C=O) groups is 2. The molecule has 0 aromatic rings. The Morgan fingerprint density at radius 3 is 2.34 bits per heavy atom. The second kappa shape index (κ2) is 8.99. The van der Waals surface area contributed by atoms with Crippen molar-refractivity contribution in [2.75, 3.05) is 13.2 Å².